The Morgan fingerprint density at radius 2 is 1.68 bits per heavy atom. The van der Waals surface area contributed by atoms with Crippen LogP contribution in [0, 0.1) is 6.92 Å². The van der Waals surface area contributed by atoms with E-state index in [4.69, 9.17) is 0 Å². The molecule has 1 aliphatic rings. The number of nitrogens with zero attached hydrogens (tertiary/aromatic N) is 2. The largest absolute Gasteiger partial charge is 0.367 e. The zero-order valence-corrected chi connectivity index (χ0v) is 12.6. The number of hydrogen-bond donors (Lipinski definition) is 2. The molecule has 0 amide bonds. The summed E-state index contributed by atoms with van der Waals surface area (Å²) in [6, 6.07) is 2.60. The number of hydrogen-bond acceptors (Lipinski definition) is 4. The summed E-state index contributed by atoms with van der Waals surface area (Å²) in [4.78, 5) is 8.95. The van der Waals surface area contributed by atoms with Gasteiger partial charge < -0.3 is 10.6 Å². The lowest BCUT2D eigenvalue weighted by molar-refractivity contribution is 0.461. The van der Waals surface area contributed by atoms with Gasteiger partial charge in [0.2, 0.25) is 0 Å². The van der Waals surface area contributed by atoms with E-state index in [0.29, 0.717) is 6.04 Å². The van der Waals surface area contributed by atoms with Crippen LogP contribution in [0.1, 0.15) is 58.7 Å². The zero-order chi connectivity index (χ0) is 13.9. The van der Waals surface area contributed by atoms with Gasteiger partial charge in [0.15, 0.2) is 0 Å². The van der Waals surface area contributed by atoms with Gasteiger partial charge in [0.25, 0.3) is 0 Å². The van der Waals surface area contributed by atoms with Crippen LogP contribution < -0.4 is 10.6 Å². The summed E-state index contributed by atoms with van der Waals surface area (Å²) in [5, 5.41) is 6.97. The average Bonchev–Trinajstić information content (AvgIpc) is 2.26. The molecule has 1 saturated carbocycles. The third-order valence-electron chi connectivity index (χ3n) is 3.30. The highest BCUT2D eigenvalue weighted by Gasteiger charge is 2.15. The molecule has 2 rings (SSSR count). The first kappa shape index (κ1) is 14.1. The van der Waals surface area contributed by atoms with E-state index in [0.717, 1.165) is 17.5 Å². The predicted octanol–water partition coefficient (Wildman–Crippen LogP) is 3.74. The van der Waals surface area contributed by atoms with Gasteiger partial charge in [-0.1, -0.05) is 19.3 Å². The van der Waals surface area contributed by atoms with E-state index in [2.05, 4.69) is 41.4 Å². The number of rotatable bonds is 3. The second kappa shape index (κ2) is 5.76. The minimum Gasteiger partial charge on any atom is -0.367 e. The minimum absolute atomic E-state index is 0.0168. The van der Waals surface area contributed by atoms with Crippen molar-refractivity contribution in [3.8, 4) is 0 Å². The van der Waals surface area contributed by atoms with E-state index >= 15 is 0 Å². The normalized spacial score (nSPS) is 17.3. The number of anilines is 2. The fraction of sp³-hybridized carbons (Fsp3) is 0.733. The van der Waals surface area contributed by atoms with Gasteiger partial charge in [-0.2, -0.15) is 0 Å². The van der Waals surface area contributed by atoms with Gasteiger partial charge in [0.1, 0.15) is 17.5 Å². The van der Waals surface area contributed by atoms with Crippen molar-refractivity contribution in [3.63, 3.8) is 0 Å². The van der Waals surface area contributed by atoms with E-state index in [1.54, 1.807) is 0 Å². The fourth-order valence-corrected chi connectivity index (χ4v) is 2.55. The lowest BCUT2D eigenvalue weighted by atomic mass is 9.95. The molecule has 0 bridgehead atoms. The van der Waals surface area contributed by atoms with E-state index in [1.807, 2.05) is 13.0 Å². The molecule has 106 valence electrons. The number of aromatic nitrogens is 2. The topological polar surface area (TPSA) is 49.8 Å². The first-order valence-electron chi connectivity index (χ1n) is 7.33. The Hall–Kier alpha value is -1.32. The molecule has 1 fully saturated rings. The quantitative estimate of drug-likeness (QED) is 0.871. The van der Waals surface area contributed by atoms with Crippen molar-refractivity contribution in [1.82, 2.24) is 9.97 Å². The highest BCUT2D eigenvalue weighted by atomic mass is 15.1. The number of nitrogens with one attached hydrogen (secondary N) is 2. The van der Waals surface area contributed by atoms with Crippen LogP contribution in [0.5, 0.6) is 0 Å². The molecule has 0 atom stereocenters. The molecule has 2 N–H and O–H groups in total. The Bertz CT molecular complexity index is 417. The molecule has 4 nitrogen and oxygen atoms in total. The van der Waals surface area contributed by atoms with Gasteiger partial charge in [-0.05, 0) is 40.5 Å². The van der Waals surface area contributed by atoms with Crippen molar-refractivity contribution < 1.29 is 0 Å². The molecule has 0 saturated heterocycles. The van der Waals surface area contributed by atoms with E-state index < -0.39 is 0 Å². The van der Waals surface area contributed by atoms with Crippen LogP contribution in [0.3, 0.4) is 0 Å². The molecular formula is C15H26N4. The van der Waals surface area contributed by atoms with E-state index in [-0.39, 0.29) is 5.54 Å². The Morgan fingerprint density at radius 1 is 1.05 bits per heavy atom. The van der Waals surface area contributed by atoms with Crippen LogP contribution in [0.4, 0.5) is 11.6 Å². The molecule has 1 aromatic rings. The molecule has 4 heteroatoms. The molecule has 0 spiro atoms. The lowest BCUT2D eigenvalue weighted by Crippen LogP contribution is -2.27. The monoisotopic (exact) mass is 262 g/mol. The van der Waals surface area contributed by atoms with E-state index in [1.165, 1.54) is 32.1 Å². The van der Waals surface area contributed by atoms with Gasteiger partial charge >= 0.3 is 0 Å². The maximum atomic E-state index is 4.50. The zero-order valence-electron chi connectivity index (χ0n) is 12.6. The van der Waals surface area contributed by atoms with Gasteiger partial charge in [-0.25, -0.2) is 9.97 Å². The third kappa shape index (κ3) is 4.69. The molecule has 1 heterocycles. The Balaban J connectivity index is 2.07. The van der Waals surface area contributed by atoms with Crippen LogP contribution in [0.25, 0.3) is 0 Å². The van der Waals surface area contributed by atoms with Crippen molar-refractivity contribution in [2.24, 2.45) is 0 Å². The maximum absolute atomic E-state index is 4.50. The SMILES string of the molecule is Cc1nc(NC2CCCCC2)cc(NC(C)(C)C)n1. The van der Waals surface area contributed by atoms with Crippen molar-refractivity contribution in [2.45, 2.75) is 71.4 Å². The molecule has 1 aromatic heterocycles. The first-order valence-corrected chi connectivity index (χ1v) is 7.33. The Kier molecular flexibility index (Phi) is 4.27. The fourth-order valence-electron chi connectivity index (χ4n) is 2.55. The van der Waals surface area contributed by atoms with Crippen molar-refractivity contribution in [1.29, 1.82) is 0 Å². The minimum atomic E-state index is 0.0168. The second-order valence-corrected chi connectivity index (χ2v) is 6.54. The summed E-state index contributed by atoms with van der Waals surface area (Å²) in [5.74, 6) is 2.66. The molecule has 0 aromatic carbocycles. The van der Waals surface area contributed by atoms with Crippen LogP contribution in [-0.4, -0.2) is 21.5 Å². The Labute approximate surface area is 116 Å². The summed E-state index contributed by atoms with van der Waals surface area (Å²) in [6.07, 6.45) is 6.54. The summed E-state index contributed by atoms with van der Waals surface area (Å²) >= 11 is 0. The average molecular weight is 262 g/mol. The van der Waals surface area contributed by atoms with Crippen molar-refractivity contribution >= 4 is 11.6 Å². The van der Waals surface area contributed by atoms with Gasteiger partial charge in [0, 0.05) is 17.6 Å². The van der Waals surface area contributed by atoms with Crippen LogP contribution in [0.15, 0.2) is 6.07 Å². The van der Waals surface area contributed by atoms with E-state index in [9.17, 15) is 0 Å². The van der Waals surface area contributed by atoms with Crippen molar-refractivity contribution in [3.05, 3.63) is 11.9 Å². The Morgan fingerprint density at radius 3 is 2.32 bits per heavy atom. The molecule has 0 aliphatic heterocycles. The molecule has 0 radical (unpaired) electrons. The molecule has 0 unspecified atom stereocenters. The van der Waals surface area contributed by atoms with Crippen LogP contribution >= 0.6 is 0 Å². The first-order chi connectivity index (χ1) is 8.92. The molecule has 1 aliphatic carbocycles. The maximum Gasteiger partial charge on any atom is 0.132 e. The van der Waals surface area contributed by atoms with Crippen LogP contribution in [0.2, 0.25) is 0 Å². The second-order valence-electron chi connectivity index (χ2n) is 6.54. The summed E-state index contributed by atoms with van der Waals surface area (Å²) in [5.41, 5.74) is 0.0168. The third-order valence-corrected chi connectivity index (χ3v) is 3.30. The van der Waals surface area contributed by atoms with Crippen LogP contribution in [-0.2, 0) is 0 Å². The molecule has 19 heavy (non-hydrogen) atoms. The highest BCUT2D eigenvalue weighted by Crippen LogP contribution is 2.22. The molecular weight excluding hydrogens is 236 g/mol. The summed E-state index contributed by atoms with van der Waals surface area (Å²) in [7, 11) is 0. The van der Waals surface area contributed by atoms with Gasteiger partial charge in [0.05, 0.1) is 0 Å². The summed E-state index contributed by atoms with van der Waals surface area (Å²) < 4.78 is 0. The standard InChI is InChI=1S/C15H26N4/c1-11-16-13(18-12-8-6-5-7-9-12)10-14(17-11)19-15(2,3)4/h10,12H,5-9H2,1-4H3,(H2,16,17,18,19). The van der Waals surface area contributed by atoms with Gasteiger partial charge in [-0.3, -0.25) is 0 Å². The van der Waals surface area contributed by atoms with Crippen molar-refractivity contribution in [2.75, 3.05) is 10.6 Å². The smallest absolute Gasteiger partial charge is 0.132 e. The number of aryl methyl sites for hydroxylation is 1. The highest BCUT2D eigenvalue weighted by molar-refractivity contribution is 5.49. The van der Waals surface area contributed by atoms with Gasteiger partial charge in [-0.15, -0.1) is 0 Å². The summed E-state index contributed by atoms with van der Waals surface area (Å²) in [6.45, 7) is 8.36. The lowest BCUT2D eigenvalue weighted by Gasteiger charge is -2.25. The predicted molar refractivity (Wildman–Crippen MR) is 80.6 cm³/mol.